The van der Waals surface area contributed by atoms with E-state index >= 15 is 0 Å². The zero-order chi connectivity index (χ0) is 15.9. The average Bonchev–Trinajstić information content (AvgIpc) is 2.44. The Morgan fingerprint density at radius 2 is 1.76 bits per heavy atom. The van der Waals surface area contributed by atoms with Gasteiger partial charge < -0.3 is 5.11 Å². The molecule has 0 atom stereocenters. The summed E-state index contributed by atoms with van der Waals surface area (Å²) < 4.78 is 23.7. The van der Waals surface area contributed by atoms with Gasteiger partial charge in [-0.15, -0.1) is 0 Å². The summed E-state index contributed by atoms with van der Waals surface area (Å²) in [5, 5.41) is 9.58. The maximum atomic E-state index is 11.9. The first-order chi connectivity index (χ1) is 9.85. The van der Waals surface area contributed by atoms with Crippen molar-refractivity contribution in [1.82, 2.24) is 0 Å². The van der Waals surface area contributed by atoms with Gasteiger partial charge in [0.25, 0.3) is 0 Å². The Balaban J connectivity index is 2.60. The molecule has 124 valence electrons. The molecule has 0 amide bonds. The fraction of sp³-hybridized carbons (Fsp3) is 0.938. The quantitative estimate of drug-likeness (QED) is 0.704. The van der Waals surface area contributed by atoms with E-state index in [0.29, 0.717) is 25.2 Å². The van der Waals surface area contributed by atoms with E-state index in [0.717, 1.165) is 12.8 Å². The lowest BCUT2D eigenvalue weighted by Crippen LogP contribution is -2.37. The second kappa shape index (κ2) is 8.16. The molecule has 0 aromatic carbocycles. The lowest BCUT2D eigenvalue weighted by atomic mass is 9.68. The number of carboxylic acid groups (broad SMARTS) is 1. The smallest absolute Gasteiger partial charge is 0.309 e. The van der Waals surface area contributed by atoms with Crippen molar-refractivity contribution in [2.24, 2.45) is 11.3 Å². The molecule has 0 heterocycles. The lowest BCUT2D eigenvalue weighted by molar-refractivity contribution is -0.151. The third kappa shape index (κ3) is 5.61. The van der Waals surface area contributed by atoms with Gasteiger partial charge in [0.1, 0.15) is 9.84 Å². The van der Waals surface area contributed by atoms with Crippen LogP contribution in [0.5, 0.6) is 0 Å². The summed E-state index contributed by atoms with van der Waals surface area (Å²) in [6.45, 7) is 4.01. The largest absolute Gasteiger partial charge is 0.481 e. The molecule has 1 aliphatic rings. The molecule has 0 radical (unpaired) electrons. The maximum absolute atomic E-state index is 11.9. The Kier molecular flexibility index (Phi) is 7.17. The molecule has 0 saturated heterocycles. The first-order valence-electron chi connectivity index (χ1n) is 8.29. The van der Waals surface area contributed by atoms with Gasteiger partial charge in [0, 0.05) is 5.75 Å². The fourth-order valence-electron chi connectivity index (χ4n) is 3.35. The van der Waals surface area contributed by atoms with Crippen molar-refractivity contribution < 1.29 is 18.3 Å². The molecule has 0 aromatic rings. The van der Waals surface area contributed by atoms with Crippen LogP contribution in [-0.4, -0.2) is 31.0 Å². The molecule has 0 unspecified atom stereocenters. The maximum Gasteiger partial charge on any atom is 0.309 e. The lowest BCUT2D eigenvalue weighted by Gasteiger charge is -2.37. The van der Waals surface area contributed by atoms with Crippen LogP contribution in [-0.2, 0) is 14.6 Å². The van der Waals surface area contributed by atoms with Crippen LogP contribution in [0.2, 0.25) is 0 Å². The van der Waals surface area contributed by atoms with Gasteiger partial charge in [-0.2, -0.15) is 0 Å². The third-order valence-corrected chi connectivity index (χ3v) is 6.75. The van der Waals surface area contributed by atoms with Gasteiger partial charge in [0.15, 0.2) is 0 Å². The molecule has 21 heavy (non-hydrogen) atoms. The monoisotopic (exact) mass is 318 g/mol. The number of hydrogen-bond acceptors (Lipinski definition) is 3. The van der Waals surface area contributed by atoms with Gasteiger partial charge in [-0.1, -0.05) is 33.1 Å². The molecule has 1 rings (SSSR count). The molecule has 0 aliphatic heterocycles. The van der Waals surface area contributed by atoms with E-state index in [2.05, 4.69) is 6.92 Å². The third-order valence-electron chi connectivity index (χ3n) is 4.89. The van der Waals surface area contributed by atoms with Crippen molar-refractivity contribution >= 4 is 15.8 Å². The highest BCUT2D eigenvalue weighted by molar-refractivity contribution is 7.91. The summed E-state index contributed by atoms with van der Waals surface area (Å²) in [5.41, 5.74) is -0.802. The van der Waals surface area contributed by atoms with Gasteiger partial charge in [0.2, 0.25) is 0 Å². The van der Waals surface area contributed by atoms with Gasteiger partial charge in [-0.3, -0.25) is 4.79 Å². The summed E-state index contributed by atoms with van der Waals surface area (Å²) in [7, 11) is -3.09. The Hall–Kier alpha value is -0.580. The van der Waals surface area contributed by atoms with Crippen LogP contribution in [0.4, 0.5) is 0 Å². The van der Waals surface area contributed by atoms with E-state index in [1.54, 1.807) is 0 Å². The molecule has 0 aromatic heterocycles. The van der Waals surface area contributed by atoms with Crippen molar-refractivity contribution in [1.29, 1.82) is 0 Å². The summed E-state index contributed by atoms with van der Waals surface area (Å²) >= 11 is 0. The van der Waals surface area contributed by atoms with E-state index in [9.17, 15) is 18.3 Å². The molecule has 0 bridgehead atoms. The van der Waals surface area contributed by atoms with E-state index in [-0.39, 0.29) is 17.9 Å². The first kappa shape index (κ1) is 18.5. The highest BCUT2D eigenvalue weighted by atomic mass is 32.2. The minimum absolute atomic E-state index is 0.0206. The molecule has 1 saturated carbocycles. The van der Waals surface area contributed by atoms with Gasteiger partial charge >= 0.3 is 5.97 Å². The van der Waals surface area contributed by atoms with Crippen molar-refractivity contribution in [2.75, 3.05) is 11.5 Å². The van der Waals surface area contributed by atoms with Crippen molar-refractivity contribution in [3.8, 4) is 0 Å². The van der Waals surface area contributed by atoms with Crippen molar-refractivity contribution in [3.63, 3.8) is 0 Å². The Bertz CT molecular complexity index is 420. The van der Waals surface area contributed by atoms with Gasteiger partial charge in [-0.25, -0.2) is 8.42 Å². The van der Waals surface area contributed by atoms with E-state index in [4.69, 9.17) is 0 Å². The van der Waals surface area contributed by atoms with E-state index < -0.39 is 21.2 Å². The summed E-state index contributed by atoms with van der Waals surface area (Å²) in [5.74, 6) is 0.0158. The zero-order valence-corrected chi connectivity index (χ0v) is 14.3. The first-order valence-corrected chi connectivity index (χ1v) is 10.1. The summed E-state index contributed by atoms with van der Waals surface area (Å²) in [6.07, 6.45) is 7.58. The summed E-state index contributed by atoms with van der Waals surface area (Å²) in [6, 6.07) is 0. The zero-order valence-electron chi connectivity index (χ0n) is 13.4. The highest BCUT2D eigenvalue weighted by Crippen LogP contribution is 2.43. The van der Waals surface area contributed by atoms with Gasteiger partial charge in [-0.05, 0) is 44.4 Å². The summed E-state index contributed by atoms with van der Waals surface area (Å²) in [4.78, 5) is 11.7. The molecule has 0 spiro atoms. The normalized spacial score (nSPS) is 26.7. The molecular formula is C16H30O4S. The number of hydrogen-bond donors (Lipinski definition) is 1. The average molecular weight is 318 g/mol. The van der Waals surface area contributed by atoms with Crippen LogP contribution >= 0.6 is 0 Å². The number of rotatable bonds is 9. The molecule has 1 fully saturated rings. The predicted molar refractivity (Wildman–Crippen MR) is 85.1 cm³/mol. The number of aliphatic carboxylic acids is 1. The number of sulfone groups is 1. The minimum atomic E-state index is -3.09. The number of carbonyl (C=O) groups is 1. The SMILES string of the molecule is CCCCC1CCC(CCS(=O)(=O)CCC)(C(=O)O)CC1. The Morgan fingerprint density at radius 3 is 2.24 bits per heavy atom. The predicted octanol–water partition coefficient (Wildman–Crippen LogP) is 3.65. The van der Waals surface area contributed by atoms with Crippen LogP contribution in [0.25, 0.3) is 0 Å². The van der Waals surface area contributed by atoms with Crippen LogP contribution in [0.3, 0.4) is 0 Å². The molecule has 1 aliphatic carbocycles. The van der Waals surface area contributed by atoms with Crippen LogP contribution in [0, 0.1) is 11.3 Å². The molecular weight excluding hydrogens is 288 g/mol. The minimum Gasteiger partial charge on any atom is -0.481 e. The number of unbranched alkanes of at least 4 members (excludes halogenated alkanes) is 1. The topological polar surface area (TPSA) is 71.4 Å². The Labute approximate surface area is 129 Å². The second-order valence-corrected chi connectivity index (χ2v) is 8.88. The van der Waals surface area contributed by atoms with Crippen LogP contribution in [0.1, 0.15) is 71.6 Å². The standard InChI is InChI=1S/C16H30O4S/c1-3-5-6-14-7-9-16(10-8-14,15(17)18)11-13-21(19,20)12-4-2/h14H,3-13H2,1-2H3,(H,17,18). The second-order valence-electron chi connectivity index (χ2n) is 6.57. The van der Waals surface area contributed by atoms with Crippen molar-refractivity contribution in [2.45, 2.75) is 71.6 Å². The molecule has 5 heteroatoms. The fourth-order valence-corrected chi connectivity index (χ4v) is 4.87. The van der Waals surface area contributed by atoms with Gasteiger partial charge in [0.05, 0.1) is 11.2 Å². The number of carboxylic acids is 1. The molecule has 4 nitrogen and oxygen atoms in total. The van der Waals surface area contributed by atoms with Crippen molar-refractivity contribution in [3.05, 3.63) is 0 Å². The highest BCUT2D eigenvalue weighted by Gasteiger charge is 2.42. The van der Waals surface area contributed by atoms with E-state index in [1.807, 2.05) is 6.92 Å². The van der Waals surface area contributed by atoms with E-state index in [1.165, 1.54) is 19.3 Å². The van der Waals surface area contributed by atoms with Crippen LogP contribution in [0.15, 0.2) is 0 Å². The molecule has 1 N–H and O–H groups in total. The van der Waals surface area contributed by atoms with Crippen LogP contribution < -0.4 is 0 Å². The Morgan fingerprint density at radius 1 is 1.14 bits per heavy atom.